The van der Waals surface area contributed by atoms with Crippen molar-refractivity contribution in [1.82, 2.24) is 0 Å². The van der Waals surface area contributed by atoms with Crippen LogP contribution in [0.3, 0.4) is 0 Å². The first kappa shape index (κ1) is 12.4. The number of esters is 1. The van der Waals surface area contributed by atoms with Crippen LogP contribution in [0.25, 0.3) is 0 Å². The van der Waals surface area contributed by atoms with E-state index in [9.17, 15) is 13.6 Å². The lowest BCUT2D eigenvalue weighted by Gasteiger charge is -2.21. The topological polar surface area (TPSA) is 52.3 Å². The Morgan fingerprint density at radius 1 is 1.33 bits per heavy atom. The normalized spacial score (nSPS) is 18.9. The molecule has 0 atom stereocenters. The lowest BCUT2D eigenvalue weighted by Crippen LogP contribution is -2.35. The molecule has 0 heterocycles. The van der Waals surface area contributed by atoms with Gasteiger partial charge in [0, 0.05) is 0 Å². The van der Waals surface area contributed by atoms with Crippen molar-refractivity contribution in [2.75, 3.05) is 13.2 Å². The second-order valence-electron chi connectivity index (χ2n) is 4.00. The summed E-state index contributed by atoms with van der Waals surface area (Å²) < 4.78 is 29.9. The number of alkyl halides is 2. The summed E-state index contributed by atoms with van der Waals surface area (Å²) in [7, 11) is 0. The zero-order valence-electron chi connectivity index (χ0n) is 8.68. The maximum Gasteiger partial charge on any atom is 0.309 e. The molecule has 1 aliphatic rings. The summed E-state index contributed by atoms with van der Waals surface area (Å²) in [5, 5.41) is 0. The van der Waals surface area contributed by atoms with Gasteiger partial charge in [-0.2, -0.15) is 0 Å². The second kappa shape index (κ2) is 5.39. The third-order valence-electron chi connectivity index (χ3n) is 2.66. The minimum absolute atomic E-state index is 0.188. The van der Waals surface area contributed by atoms with Crippen molar-refractivity contribution >= 4 is 5.97 Å². The fourth-order valence-corrected chi connectivity index (χ4v) is 1.69. The van der Waals surface area contributed by atoms with Gasteiger partial charge in [0.25, 0.3) is 5.92 Å². The number of ether oxygens (including phenoxy) is 1. The molecule has 15 heavy (non-hydrogen) atoms. The maximum absolute atomic E-state index is 12.7. The highest BCUT2D eigenvalue weighted by Gasteiger charge is 2.31. The highest BCUT2D eigenvalue weighted by atomic mass is 19.3. The summed E-state index contributed by atoms with van der Waals surface area (Å²) in [5.74, 6) is -3.78. The van der Waals surface area contributed by atoms with E-state index in [1.165, 1.54) is 0 Å². The summed E-state index contributed by atoms with van der Waals surface area (Å²) in [6.07, 6.45) is 4.59. The van der Waals surface area contributed by atoms with Gasteiger partial charge in [0.1, 0.15) is 0 Å². The molecule has 0 spiro atoms. The van der Waals surface area contributed by atoms with Crippen molar-refractivity contribution in [3.63, 3.8) is 0 Å². The Bertz CT molecular complexity index is 215. The molecular weight excluding hydrogens is 204 g/mol. The van der Waals surface area contributed by atoms with Crippen molar-refractivity contribution in [1.29, 1.82) is 0 Å². The molecule has 0 aromatic carbocycles. The van der Waals surface area contributed by atoms with E-state index >= 15 is 0 Å². The number of hydrogen-bond acceptors (Lipinski definition) is 3. The molecule has 0 aromatic heterocycles. The molecule has 0 aliphatic heterocycles. The van der Waals surface area contributed by atoms with Gasteiger partial charge < -0.3 is 10.5 Å². The van der Waals surface area contributed by atoms with E-state index in [4.69, 9.17) is 5.73 Å². The van der Waals surface area contributed by atoms with E-state index in [0.717, 1.165) is 32.1 Å². The summed E-state index contributed by atoms with van der Waals surface area (Å²) in [6, 6.07) is 0. The van der Waals surface area contributed by atoms with Crippen LogP contribution in [0.5, 0.6) is 0 Å². The molecule has 1 fully saturated rings. The molecule has 0 unspecified atom stereocenters. The van der Waals surface area contributed by atoms with E-state index < -0.39 is 25.0 Å². The van der Waals surface area contributed by atoms with E-state index in [2.05, 4.69) is 4.74 Å². The lowest BCUT2D eigenvalue weighted by molar-refractivity contribution is -0.160. The Labute approximate surface area is 88.0 Å². The fraction of sp³-hybridized carbons (Fsp3) is 0.900. The first-order valence-corrected chi connectivity index (χ1v) is 5.30. The number of carbonyl (C=O) groups is 1. The molecule has 0 aromatic rings. The van der Waals surface area contributed by atoms with Crippen molar-refractivity contribution < 1.29 is 18.3 Å². The van der Waals surface area contributed by atoms with Crippen LogP contribution in [0.4, 0.5) is 8.78 Å². The largest absolute Gasteiger partial charge is 0.459 e. The number of hydrogen-bond donors (Lipinski definition) is 1. The third-order valence-corrected chi connectivity index (χ3v) is 2.66. The predicted octanol–water partition coefficient (Wildman–Crippen LogP) is 1.70. The zero-order chi connectivity index (χ0) is 11.3. The lowest BCUT2D eigenvalue weighted by atomic mass is 9.89. The van der Waals surface area contributed by atoms with Crippen LogP contribution in [0.1, 0.15) is 32.1 Å². The second-order valence-corrected chi connectivity index (χ2v) is 4.00. The molecule has 3 nitrogen and oxygen atoms in total. The monoisotopic (exact) mass is 221 g/mol. The third kappa shape index (κ3) is 4.11. The molecule has 0 bridgehead atoms. The number of nitrogens with two attached hydrogens (primary N) is 1. The summed E-state index contributed by atoms with van der Waals surface area (Å²) in [4.78, 5) is 11.4. The predicted molar refractivity (Wildman–Crippen MR) is 51.5 cm³/mol. The maximum atomic E-state index is 12.7. The number of rotatable bonds is 4. The summed E-state index contributed by atoms with van der Waals surface area (Å²) in [5.41, 5.74) is 4.83. The summed E-state index contributed by atoms with van der Waals surface area (Å²) >= 11 is 0. The molecule has 1 saturated carbocycles. The van der Waals surface area contributed by atoms with Gasteiger partial charge in [-0.1, -0.05) is 19.3 Å². The minimum Gasteiger partial charge on any atom is -0.459 e. The van der Waals surface area contributed by atoms with Crippen LogP contribution in [0, 0.1) is 5.92 Å². The van der Waals surface area contributed by atoms with Crippen molar-refractivity contribution in [3.05, 3.63) is 0 Å². The Morgan fingerprint density at radius 2 is 1.93 bits per heavy atom. The highest BCUT2D eigenvalue weighted by molar-refractivity contribution is 5.72. The first-order valence-electron chi connectivity index (χ1n) is 5.30. The fourth-order valence-electron chi connectivity index (χ4n) is 1.69. The molecule has 1 aliphatic carbocycles. The smallest absolute Gasteiger partial charge is 0.309 e. The van der Waals surface area contributed by atoms with Gasteiger partial charge in [-0.15, -0.1) is 0 Å². The van der Waals surface area contributed by atoms with Crippen LogP contribution in [-0.2, 0) is 9.53 Å². The highest BCUT2D eigenvalue weighted by Crippen LogP contribution is 2.25. The Kier molecular flexibility index (Phi) is 4.45. The first-order chi connectivity index (χ1) is 7.05. The molecular formula is C10H17F2NO2. The molecule has 0 saturated heterocycles. The van der Waals surface area contributed by atoms with Gasteiger partial charge in [-0.05, 0) is 12.8 Å². The van der Waals surface area contributed by atoms with Gasteiger partial charge in [0.15, 0.2) is 6.61 Å². The Balaban J connectivity index is 2.28. The van der Waals surface area contributed by atoms with Crippen LogP contribution in [0.2, 0.25) is 0 Å². The molecule has 88 valence electrons. The van der Waals surface area contributed by atoms with Gasteiger partial charge >= 0.3 is 5.97 Å². The molecule has 5 heteroatoms. The van der Waals surface area contributed by atoms with Crippen LogP contribution < -0.4 is 5.73 Å². The van der Waals surface area contributed by atoms with Gasteiger partial charge in [-0.25, -0.2) is 8.78 Å². The average Bonchev–Trinajstić information content (AvgIpc) is 2.27. The van der Waals surface area contributed by atoms with E-state index in [1.54, 1.807) is 0 Å². The Hall–Kier alpha value is -0.710. The molecule has 1 rings (SSSR count). The molecule has 0 amide bonds. The van der Waals surface area contributed by atoms with Crippen molar-refractivity contribution in [2.24, 2.45) is 11.7 Å². The van der Waals surface area contributed by atoms with Crippen LogP contribution >= 0.6 is 0 Å². The van der Waals surface area contributed by atoms with Crippen molar-refractivity contribution in [3.8, 4) is 0 Å². The summed E-state index contributed by atoms with van der Waals surface area (Å²) in [6.45, 7) is -1.68. The van der Waals surface area contributed by atoms with Crippen molar-refractivity contribution in [2.45, 2.75) is 38.0 Å². The van der Waals surface area contributed by atoms with E-state index in [0.29, 0.717) is 0 Å². The van der Waals surface area contributed by atoms with E-state index in [-0.39, 0.29) is 5.92 Å². The minimum atomic E-state index is -3.09. The average molecular weight is 221 g/mol. The van der Waals surface area contributed by atoms with Gasteiger partial charge in [0.05, 0.1) is 12.5 Å². The van der Waals surface area contributed by atoms with Crippen LogP contribution in [-0.4, -0.2) is 25.0 Å². The number of carbonyl (C=O) groups excluding carboxylic acids is 1. The van der Waals surface area contributed by atoms with Crippen LogP contribution in [0.15, 0.2) is 0 Å². The molecule has 2 N–H and O–H groups in total. The Morgan fingerprint density at radius 3 is 2.47 bits per heavy atom. The van der Waals surface area contributed by atoms with Gasteiger partial charge in [-0.3, -0.25) is 4.79 Å². The van der Waals surface area contributed by atoms with Gasteiger partial charge in [0.2, 0.25) is 0 Å². The molecule has 0 radical (unpaired) electrons. The van der Waals surface area contributed by atoms with E-state index in [1.807, 2.05) is 0 Å². The quantitative estimate of drug-likeness (QED) is 0.735. The number of halogens is 2. The standard InChI is InChI=1S/C10H17F2NO2/c11-10(12,6-13)7-15-9(14)8-4-2-1-3-5-8/h8H,1-7,13H2. The zero-order valence-corrected chi connectivity index (χ0v) is 8.68. The SMILES string of the molecule is NCC(F)(F)COC(=O)C1CCCCC1.